The molecule has 0 unspecified atom stereocenters. The third-order valence-corrected chi connectivity index (χ3v) is 3.22. The van der Waals surface area contributed by atoms with E-state index in [4.69, 9.17) is 10.5 Å². The van der Waals surface area contributed by atoms with Gasteiger partial charge in [-0.1, -0.05) is 6.07 Å². The number of benzene rings is 1. The van der Waals surface area contributed by atoms with E-state index in [1.54, 1.807) is 7.11 Å². The van der Waals surface area contributed by atoms with Gasteiger partial charge in [-0.15, -0.1) is 0 Å². The number of nitrogens with zero attached hydrogens (tertiary/aromatic N) is 2. The van der Waals surface area contributed by atoms with Crippen LogP contribution in [0, 0.1) is 20.8 Å². The van der Waals surface area contributed by atoms with Gasteiger partial charge in [0.15, 0.2) is 5.82 Å². The fraction of sp³-hybridized carbons (Fsp3) is 0.333. The Morgan fingerprint density at radius 1 is 1.11 bits per heavy atom. The average molecular weight is 257 g/mol. The maximum Gasteiger partial charge on any atom is 0.163 e. The Bertz CT molecular complexity index is 585. The van der Waals surface area contributed by atoms with Gasteiger partial charge in [0.1, 0.15) is 5.75 Å². The minimum atomic E-state index is 0.461. The fourth-order valence-corrected chi connectivity index (χ4v) is 2.14. The second-order valence-electron chi connectivity index (χ2n) is 4.60. The van der Waals surface area contributed by atoms with Crippen molar-refractivity contribution in [2.45, 2.75) is 27.3 Å². The van der Waals surface area contributed by atoms with Crippen molar-refractivity contribution < 1.29 is 4.74 Å². The van der Waals surface area contributed by atoms with Gasteiger partial charge in [-0.05, 0) is 38.5 Å². The van der Waals surface area contributed by atoms with E-state index in [9.17, 15) is 0 Å². The second-order valence-corrected chi connectivity index (χ2v) is 4.60. The summed E-state index contributed by atoms with van der Waals surface area (Å²) in [7, 11) is 1.66. The van der Waals surface area contributed by atoms with Gasteiger partial charge in [0.05, 0.1) is 12.7 Å². The van der Waals surface area contributed by atoms with Crippen LogP contribution in [0.25, 0.3) is 11.4 Å². The Balaban J connectivity index is 2.59. The second kappa shape index (κ2) is 5.36. The van der Waals surface area contributed by atoms with Crippen LogP contribution in [0.2, 0.25) is 0 Å². The van der Waals surface area contributed by atoms with Gasteiger partial charge in [-0.3, -0.25) is 0 Å². The lowest BCUT2D eigenvalue weighted by Crippen LogP contribution is -2.07. The molecule has 4 heteroatoms. The first-order valence-electron chi connectivity index (χ1n) is 6.26. The molecule has 1 aromatic carbocycles. The monoisotopic (exact) mass is 257 g/mol. The van der Waals surface area contributed by atoms with Crippen molar-refractivity contribution in [2.75, 3.05) is 7.11 Å². The zero-order chi connectivity index (χ0) is 14.0. The lowest BCUT2D eigenvalue weighted by Gasteiger charge is -2.12. The quantitative estimate of drug-likeness (QED) is 0.918. The molecule has 0 fully saturated rings. The fourth-order valence-electron chi connectivity index (χ4n) is 2.14. The van der Waals surface area contributed by atoms with Crippen LogP contribution >= 0.6 is 0 Å². The van der Waals surface area contributed by atoms with Crippen LogP contribution in [0.15, 0.2) is 18.2 Å². The van der Waals surface area contributed by atoms with Gasteiger partial charge in [-0.2, -0.15) is 0 Å². The molecule has 0 saturated carbocycles. The molecule has 0 bridgehead atoms. The van der Waals surface area contributed by atoms with Crippen molar-refractivity contribution >= 4 is 0 Å². The molecule has 4 nitrogen and oxygen atoms in total. The van der Waals surface area contributed by atoms with Gasteiger partial charge in [0, 0.05) is 23.5 Å². The van der Waals surface area contributed by atoms with Crippen molar-refractivity contribution in [3.8, 4) is 17.1 Å². The largest absolute Gasteiger partial charge is 0.496 e. The van der Waals surface area contributed by atoms with Crippen LogP contribution in [0.3, 0.4) is 0 Å². The zero-order valence-electron chi connectivity index (χ0n) is 11.8. The van der Waals surface area contributed by atoms with Gasteiger partial charge < -0.3 is 10.5 Å². The Labute approximate surface area is 113 Å². The topological polar surface area (TPSA) is 61.0 Å². The maximum atomic E-state index is 5.71. The van der Waals surface area contributed by atoms with Crippen molar-refractivity contribution in [3.63, 3.8) is 0 Å². The molecular weight excluding hydrogens is 238 g/mol. The highest BCUT2D eigenvalue weighted by Crippen LogP contribution is 2.29. The Hall–Kier alpha value is -1.94. The minimum absolute atomic E-state index is 0.461. The lowest BCUT2D eigenvalue weighted by atomic mass is 10.1. The molecule has 2 rings (SSSR count). The first-order valence-corrected chi connectivity index (χ1v) is 6.26. The molecule has 0 aliphatic carbocycles. The molecule has 100 valence electrons. The van der Waals surface area contributed by atoms with E-state index in [1.807, 2.05) is 39.0 Å². The number of methoxy groups -OCH3 is 1. The number of aromatic nitrogens is 2. The summed E-state index contributed by atoms with van der Waals surface area (Å²) in [5, 5.41) is 0. The van der Waals surface area contributed by atoms with Crippen LogP contribution in [0.5, 0.6) is 5.75 Å². The standard InChI is InChI=1S/C15H19N3O/c1-9-5-6-12(14(7-9)19-4)15-17-10(2)13(8-16)11(3)18-15/h5-7H,8,16H2,1-4H3. The van der Waals surface area contributed by atoms with Crippen molar-refractivity contribution in [1.29, 1.82) is 0 Å². The number of aryl methyl sites for hydroxylation is 3. The Morgan fingerprint density at radius 3 is 2.26 bits per heavy atom. The molecular formula is C15H19N3O. The highest BCUT2D eigenvalue weighted by atomic mass is 16.5. The van der Waals surface area contributed by atoms with Crippen LogP contribution < -0.4 is 10.5 Å². The molecule has 0 aliphatic heterocycles. The SMILES string of the molecule is COc1cc(C)ccc1-c1nc(C)c(CN)c(C)n1. The Kier molecular flexibility index (Phi) is 3.81. The van der Waals surface area contributed by atoms with Gasteiger partial charge in [0.25, 0.3) is 0 Å². The van der Waals surface area contributed by atoms with E-state index in [2.05, 4.69) is 9.97 Å². The number of nitrogens with two attached hydrogens (primary N) is 1. The third-order valence-electron chi connectivity index (χ3n) is 3.22. The van der Waals surface area contributed by atoms with E-state index in [0.717, 1.165) is 33.8 Å². The summed E-state index contributed by atoms with van der Waals surface area (Å²) < 4.78 is 5.41. The summed E-state index contributed by atoms with van der Waals surface area (Å²) >= 11 is 0. The molecule has 0 spiro atoms. The summed E-state index contributed by atoms with van der Waals surface area (Å²) in [6.07, 6.45) is 0. The molecule has 0 radical (unpaired) electrons. The lowest BCUT2D eigenvalue weighted by molar-refractivity contribution is 0.416. The average Bonchev–Trinajstić information content (AvgIpc) is 2.38. The summed E-state index contributed by atoms with van der Waals surface area (Å²) in [5.74, 6) is 1.48. The summed E-state index contributed by atoms with van der Waals surface area (Å²) in [5.41, 5.74) is 10.6. The van der Waals surface area contributed by atoms with E-state index in [0.29, 0.717) is 12.4 Å². The predicted octanol–water partition coefficient (Wildman–Crippen LogP) is 2.54. The molecule has 0 amide bonds. The molecule has 19 heavy (non-hydrogen) atoms. The van der Waals surface area contributed by atoms with Crippen molar-refractivity contribution in [2.24, 2.45) is 5.73 Å². The first kappa shape index (κ1) is 13.5. The molecule has 0 atom stereocenters. The molecule has 1 heterocycles. The zero-order valence-corrected chi connectivity index (χ0v) is 11.8. The third kappa shape index (κ3) is 2.58. The van der Waals surface area contributed by atoms with Gasteiger partial charge in [-0.25, -0.2) is 9.97 Å². The molecule has 0 aliphatic rings. The van der Waals surface area contributed by atoms with E-state index >= 15 is 0 Å². The summed E-state index contributed by atoms with van der Waals surface area (Å²) in [4.78, 5) is 9.08. The number of hydrogen-bond acceptors (Lipinski definition) is 4. The molecule has 1 aromatic heterocycles. The minimum Gasteiger partial charge on any atom is -0.496 e. The number of rotatable bonds is 3. The predicted molar refractivity (Wildman–Crippen MR) is 76.1 cm³/mol. The van der Waals surface area contributed by atoms with Crippen LogP contribution in [-0.2, 0) is 6.54 Å². The van der Waals surface area contributed by atoms with Crippen LogP contribution in [0.1, 0.15) is 22.5 Å². The normalized spacial score (nSPS) is 10.6. The van der Waals surface area contributed by atoms with E-state index in [-0.39, 0.29) is 0 Å². The summed E-state index contributed by atoms with van der Waals surface area (Å²) in [6, 6.07) is 6.01. The van der Waals surface area contributed by atoms with Crippen LogP contribution in [-0.4, -0.2) is 17.1 Å². The summed E-state index contributed by atoms with van der Waals surface area (Å²) in [6.45, 7) is 6.41. The highest BCUT2D eigenvalue weighted by Gasteiger charge is 2.12. The Morgan fingerprint density at radius 2 is 1.74 bits per heavy atom. The number of ether oxygens (including phenoxy) is 1. The van der Waals surface area contributed by atoms with Gasteiger partial charge in [0.2, 0.25) is 0 Å². The number of hydrogen-bond donors (Lipinski definition) is 1. The maximum absolute atomic E-state index is 5.71. The molecule has 2 N–H and O–H groups in total. The molecule has 2 aromatic rings. The smallest absolute Gasteiger partial charge is 0.163 e. The van der Waals surface area contributed by atoms with E-state index in [1.165, 1.54) is 0 Å². The highest BCUT2D eigenvalue weighted by molar-refractivity contribution is 5.65. The molecule has 0 saturated heterocycles. The first-order chi connectivity index (χ1) is 9.06. The van der Waals surface area contributed by atoms with Crippen molar-refractivity contribution in [1.82, 2.24) is 9.97 Å². The van der Waals surface area contributed by atoms with Crippen LogP contribution in [0.4, 0.5) is 0 Å². The van der Waals surface area contributed by atoms with Crippen molar-refractivity contribution in [3.05, 3.63) is 40.7 Å². The van der Waals surface area contributed by atoms with E-state index < -0.39 is 0 Å². The van der Waals surface area contributed by atoms with Gasteiger partial charge >= 0.3 is 0 Å².